The maximum absolute atomic E-state index is 14.0. The van der Waals surface area contributed by atoms with E-state index in [1.54, 1.807) is 31.6 Å². The van der Waals surface area contributed by atoms with E-state index in [0.29, 0.717) is 11.3 Å². The van der Waals surface area contributed by atoms with E-state index in [4.69, 9.17) is 4.74 Å². The molecule has 0 saturated heterocycles. The van der Waals surface area contributed by atoms with Crippen LogP contribution < -0.4 is 10.1 Å². The average Bonchev–Trinajstić information content (AvgIpc) is 2.42. The molecule has 0 radical (unpaired) electrons. The molecular weight excluding hydrogens is 231 g/mol. The Morgan fingerprint density at radius 3 is 2.72 bits per heavy atom. The molecule has 1 aromatic heterocycles. The van der Waals surface area contributed by atoms with E-state index in [0.717, 1.165) is 5.56 Å². The first-order valence-corrected chi connectivity index (χ1v) is 5.67. The van der Waals surface area contributed by atoms with Gasteiger partial charge in [-0.15, -0.1) is 0 Å². The lowest BCUT2D eigenvalue weighted by Gasteiger charge is -2.17. The molecule has 1 N–H and O–H groups in total. The van der Waals surface area contributed by atoms with Crippen LogP contribution in [0, 0.1) is 5.82 Å². The smallest absolute Gasteiger partial charge is 0.132 e. The molecule has 0 aliphatic rings. The summed E-state index contributed by atoms with van der Waals surface area (Å²) in [5.74, 6) is 0.217. The summed E-state index contributed by atoms with van der Waals surface area (Å²) in [4.78, 5) is 4.06. The van der Waals surface area contributed by atoms with Crippen molar-refractivity contribution < 1.29 is 9.13 Å². The van der Waals surface area contributed by atoms with E-state index in [-0.39, 0.29) is 11.9 Å². The van der Waals surface area contributed by atoms with E-state index in [2.05, 4.69) is 10.3 Å². The fourth-order valence-corrected chi connectivity index (χ4v) is 1.92. The maximum atomic E-state index is 14.0. The van der Waals surface area contributed by atoms with Gasteiger partial charge in [0.25, 0.3) is 0 Å². The summed E-state index contributed by atoms with van der Waals surface area (Å²) < 4.78 is 19.0. The molecule has 0 aliphatic carbocycles. The van der Waals surface area contributed by atoms with Gasteiger partial charge in [-0.25, -0.2) is 4.39 Å². The van der Waals surface area contributed by atoms with Crippen molar-refractivity contribution in [3.8, 4) is 5.75 Å². The Kier molecular flexibility index (Phi) is 3.89. The van der Waals surface area contributed by atoms with Crippen molar-refractivity contribution in [3.05, 3.63) is 59.7 Å². The third-order valence-corrected chi connectivity index (χ3v) is 2.83. The summed E-state index contributed by atoms with van der Waals surface area (Å²) in [7, 11) is 3.31. The van der Waals surface area contributed by atoms with E-state index < -0.39 is 0 Å². The van der Waals surface area contributed by atoms with Gasteiger partial charge in [-0.1, -0.05) is 12.1 Å². The van der Waals surface area contributed by atoms with Crippen molar-refractivity contribution in [2.24, 2.45) is 0 Å². The van der Waals surface area contributed by atoms with Crippen LogP contribution in [0.1, 0.15) is 17.2 Å². The van der Waals surface area contributed by atoms with Crippen molar-refractivity contribution in [3.63, 3.8) is 0 Å². The minimum absolute atomic E-state index is 0.218. The van der Waals surface area contributed by atoms with Gasteiger partial charge in [0, 0.05) is 24.0 Å². The summed E-state index contributed by atoms with van der Waals surface area (Å²) in [5.41, 5.74) is 1.50. The van der Waals surface area contributed by atoms with Gasteiger partial charge in [-0.2, -0.15) is 0 Å². The number of halogens is 1. The van der Waals surface area contributed by atoms with Crippen molar-refractivity contribution in [1.29, 1.82) is 0 Å². The van der Waals surface area contributed by atoms with Crippen LogP contribution in [0.3, 0.4) is 0 Å². The van der Waals surface area contributed by atoms with E-state index >= 15 is 0 Å². The lowest BCUT2D eigenvalue weighted by molar-refractivity contribution is 0.410. The Hall–Kier alpha value is -1.94. The molecule has 0 saturated carbocycles. The first-order valence-electron chi connectivity index (χ1n) is 5.67. The first kappa shape index (κ1) is 12.5. The van der Waals surface area contributed by atoms with Crippen LogP contribution in [0.4, 0.5) is 4.39 Å². The molecule has 0 amide bonds. The molecular formula is C14H15FN2O. The molecule has 0 bridgehead atoms. The van der Waals surface area contributed by atoms with Crippen molar-refractivity contribution >= 4 is 0 Å². The van der Waals surface area contributed by atoms with Crippen LogP contribution in [-0.4, -0.2) is 19.1 Å². The molecule has 1 heterocycles. The number of ether oxygens (including phenoxy) is 1. The van der Waals surface area contributed by atoms with Crippen LogP contribution in [0.5, 0.6) is 5.75 Å². The SMILES string of the molecule is CNC(c1cccnc1)c1ccc(OC)cc1F. The Labute approximate surface area is 106 Å². The summed E-state index contributed by atoms with van der Waals surface area (Å²) in [6.07, 6.45) is 3.42. The van der Waals surface area contributed by atoms with Gasteiger partial charge < -0.3 is 10.1 Å². The van der Waals surface area contributed by atoms with E-state index in [1.807, 2.05) is 12.1 Å². The number of rotatable bonds is 4. The van der Waals surface area contributed by atoms with Crippen LogP contribution >= 0.6 is 0 Å². The number of pyridine rings is 1. The van der Waals surface area contributed by atoms with Gasteiger partial charge in [0.1, 0.15) is 11.6 Å². The number of nitrogens with zero attached hydrogens (tertiary/aromatic N) is 1. The number of benzene rings is 1. The number of methoxy groups -OCH3 is 1. The predicted molar refractivity (Wildman–Crippen MR) is 68.1 cm³/mol. The standard InChI is InChI=1S/C14H15FN2O/c1-16-14(10-4-3-7-17-9-10)12-6-5-11(18-2)8-13(12)15/h3-9,14,16H,1-2H3. The predicted octanol–water partition coefficient (Wildman–Crippen LogP) is 2.54. The first-order chi connectivity index (χ1) is 8.76. The summed E-state index contributed by atoms with van der Waals surface area (Å²) in [5, 5.41) is 3.09. The van der Waals surface area contributed by atoms with Gasteiger partial charge in [0.05, 0.1) is 13.2 Å². The lowest BCUT2D eigenvalue weighted by Crippen LogP contribution is -2.19. The maximum Gasteiger partial charge on any atom is 0.132 e. The lowest BCUT2D eigenvalue weighted by atomic mass is 10.00. The zero-order chi connectivity index (χ0) is 13.0. The van der Waals surface area contributed by atoms with Gasteiger partial charge in [0.15, 0.2) is 0 Å². The summed E-state index contributed by atoms with van der Waals surface area (Å²) >= 11 is 0. The molecule has 2 aromatic rings. The molecule has 0 spiro atoms. The fraction of sp³-hybridized carbons (Fsp3) is 0.214. The highest BCUT2D eigenvalue weighted by molar-refractivity contribution is 5.35. The van der Waals surface area contributed by atoms with Crippen molar-refractivity contribution in [2.75, 3.05) is 14.2 Å². The van der Waals surface area contributed by atoms with Crippen LogP contribution in [0.25, 0.3) is 0 Å². The van der Waals surface area contributed by atoms with Gasteiger partial charge >= 0.3 is 0 Å². The van der Waals surface area contributed by atoms with E-state index in [1.165, 1.54) is 13.2 Å². The van der Waals surface area contributed by atoms with E-state index in [9.17, 15) is 4.39 Å². The normalized spacial score (nSPS) is 12.2. The third-order valence-electron chi connectivity index (χ3n) is 2.83. The number of hydrogen-bond donors (Lipinski definition) is 1. The summed E-state index contributed by atoms with van der Waals surface area (Å²) in [6, 6.07) is 8.39. The van der Waals surface area contributed by atoms with Gasteiger partial charge in [-0.3, -0.25) is 4.98 Å². The van der Waals surface area contributed by atoms with Crippen molar-refractivity contribution in [1.82, 2.24) is 10.3 Å². The zero-order valence-electron chi connectivity index (χ0n) is 10.4. The second kappa shape index (κ2) is 5.60. The summed E-state index contributed by atoms with van der Waals surface area (Å²) in [6.45, 7) is 0. The molecule has 2 rings (SSSR count). The topological polar surface area (TPSA) is 34.2 Å². The number of hydrogen-bond acceptors (Lipinski definition) is 3. The Bertz CT molecular complexity index is 516. The average molecular weight is 246 g/mol. The van der Waals surface area contributed by atoms with Crippen molar-refractivity contribution in [2.45, 2.75) is 6.04 Å². The molecule has 18 heavy (non-hydrogen) atoms. The third kappa shape index (κ3) is 2.49. The second-order valence-corrected chi connectivity index (χ2v) is 3.90. The number of nitrogens with one attached hydrogen (secondary N) is 1. The molecule has 4 heteroatoms. The van der Waals surface area contributed by atoms with Gasteiger partial charge in [0.2, 0.25) is 0 Å². The molecule has 1 unspecified atom stereocenters. The second-order valence-electron chi connectivity index (χ2n) is 3.90. The molecule has 0 fully saturated rings. The quantitative estimate of drug-likeness (QED) is 0.900. The Morgan fingerprint density at radius 1 is 1.33 bits per heavy atom. The highest BCUT2D eigenvalue weighted by Gasteiger charge is 2.16. The van der Waals surface area contributed by atoms with Crippen LogP contribution in [-0.2, 0) is 0 Å². The molecule has 94 valence electrons. The van der Waals surface area contributed by atoms with Crippen LogP contribution in [0.2, 0.25) is 0 Å². The molecule has 0 aliphatic heterocycles. The largest absolute Gasteiger partial charge is 0.497 e. The highest BCUT2D eigenvalue weighted by atomic mass is 19.1. The minimum Gasteiger partial charge on any atom is -0.497 e. The Balaban J connectivity index is 2.39. The van der Waals surface area contributed by atoms with Crippen LogP contribution in [0.15, 0.2) is 42.7 Å². The fourth-order valence-electron chi connectivity index (χ4n) is 1.92. The molecule has 3 nitrogen and oxygen atoms in total. The molecule has 1 aromatic carbocycles. The zero-order valence-corrected chi connectivity index (χ0v) is 10.4. The molecule has 1 atom stereocenters. The Morgan fingerprint density at radius 2 is 2.17 bits per heavy atom. The number of aromatic nitrogens is 1. The highest BCUT2D eigenvalue weighted by Crippen LogP contribution is 2.26. The van der Waals surface area contributed by atoms with Gasteiger partial charge in [-0.05, 0) is 24.7 Å². The monoisotopic (exact) mass is 246 g/mol. The minimum atomic E-state index is -0.294.